The summed E-state index contributed by atoms with van der Waals surface area (Å²) in [6.45, 7) is 3.25. The Labute approximate surface area is 223 Å². The molecule has 0 aliphatic carbocycles. The molecule has 2 heterocycles. The molecule has 2 aliphatic heterocycles. The van der Waals surface area contributed by atoms with Crippen LogP contribution in [-0.2, 0) is 25.0 Å². The number of anilines is 1. The zero-order chi connectivity index (χ0) is 25.9. The van der Waals surface area contributed by atoms with Crippen LogP contribution in [0.2, 0.25) is 10.0 Å². The quantitative estimate of drug-likeness (QED) is 0.466. The van der Waals surface area contributed by atoms with Crippen LogP contribution >= 0.6 is 23.2 Å². The number of fused-ring (bicyclic) bond motifs is 2. The number of hydrogen-bond acceptors (Lipinski definition) is 5. The summed E-state index contributed by atoms with van der Waals surface area (Å²) in [6, 6.07) is 13.4. The summed E-state index contributed by atoms with van der Waals surface area (Å²) in [5.74, 6) is -0.0885. The van der Waals surface area contributed by atoms with Crippen molar-refractivity contribution in [3.63, 3.8) is 0 Å². The lowest BCUT2D eigenvalue weighted by molar-refractivity contribution is -0.123. The van der Waals surface area contributed by atoms with Crippen LogP contribution in [0, 0.1) is 0 Å². The van der Waals surface area contributed by atoms with Crippen molar-refractivity contribution in [2.75, 3.05) is 50.6 Å². The fraction of sp³-hybridized carbons (Fsp3) is 0.500. The van der Waals surface area contributed by atoms with Crippen molar-refractivity contribution in [2.45, 2.75) is 37.0 Å². The summed E-state index contributed by atoms with van der Waals surface area (Å²) in [5, 5.41) is 3.74. The number of halogens is 2. The number of para-hydroxylation sites is 1. The summed E-state index contributed by atoms with van der Waals surface area (Å²) in [7, 11) is -1.79. The van der Waals surface area contributed by atoms with Crippen molar-refractivity contribution in [1.29, 1.82) is 0 Å². The number of ether oxygens (including phenoxy) is 1. The average Bonchev–Trinajstić information content (AvgIpc) is 3.18. The Morgan fingerprint density at radius 3 is 2.53 bits per heavy atom. The highest BCUT2D eigenvalue weighted by Crippen LogP contribution is 2.47. The van der Waals surface area contributed by atoms with Crippen molar-refractivity contribution < 1.29 is 17.9 Å². The van der Waals surface area contributed by atoms with Gasteiger partial charge in [-0.05, 0) is 74.1 Å². The van der Waals surface area contributed by atoms with Gasteiger partial charge in [-0.1, -0.05) is 47.5 Å². The zero-order valence-electron chi connectivity index (χ0n) is 20.7. The maximum atomic E-state index is 12.5. The number of likely N-dealkylation sites (tertiary alicyclic amines) is 1. The van der Waals surface area contributed by atoms with Crippen LogP contribution < -0.4 is 9.62 Å². The first-order valence-electron chi connectivity index (χ1n) is 12.1. The molecule has 10 heteroatoms. The number of sulfonamides is 1. The van der Waals surface area contributed by atoms with Gasteiger partial charge in [0.15, 0.2) is 0 Å². The molecule has 1 saturated heterocycles. The second-order valence-corrected chi connectivity index (χ2v) is 12.5. The van der Waals surface area contributed by atoms with Gasteiger partial charge in [-0.2, -0.15) is 0 Å². The molecular weight excluding hydrogens is 521 g/mol. The van der Waals surface area contributed by atoms with E-state index in [1.807, 2.05) is 30.3 Å². The van der Waals surface area contributed by atoms with Gasteiger partial charge < -0.3 is 15.0 Å². The topological polar surface area (TPSA) is 79.0 Å². The first-order valence-corrected chi connectivity index (χ1v) is 14.7. The number of nitrogens with zero attached hydrogens (tertiary/aromatic N) is 2. The van der Waals surface area contributed by atoms with Crippen LogP contribution in [0.1, 0.15) is 42.7 Å². The van der Waals surface area contributed by atoms with Crippen LogP contribution in [0.5, 0.6) is 0 Å². The summed E-state index contributed by atoms with van der Waals surface area (Å²) in [6.07, 6.45) is 4.18. The molecule has 1 unspecified atom stereocenters. The molecule has 196 valence electrons. The number of nitrogens with one attached hydrogen (secondary N) is 1. The average molecular weight is 555 g/mol. The van der Waals surface area contributed by atoms with Gasteiger partial charge in [0, 0.05) is 25.5 Å². The van der Waals surface area contributed by atoms with E-state index in [1.54, 1.807) is 10.4 Å². The third kappa shape index (κ3) is 6.00. The predicted octanol–water partition coefficient (Wildman–Crippen LogP) is 4.39. The number of methoxy groups -OCH3 is 1. The number of benzene rings is 2. The van der Waals surface area contributed by atoms with Gasteiger partial charge in [0.25, 0.3) is 0 Å². The highest BCUT2D eigenvalue weighted by Gasteiger charge is 2.46. The SMILES string of the molecule is COCNC(=O)CC(CCN1CCC2(CC1)CN(S(C)(=O)=O)c1ccccc12)c1ccc(Cl)c(Cl)c1. The predicted molar refractivity (Wildman–Crippen MR) is 144 cm³/mol. The van der Waals surface area contributed by atoms with Crippen LogP contribution in [-0.4, -0.2) is 65.5 Å². The molecule has 0 saturated carbocycles. The lowest BCUT2D eigenvalue weighted by Gasteiger charge is -2.40. The van der Waals surface area contributed by atoms with Gasteiger partial charge in [0.05, 0.1) is 22.0 Å². The van der Waals surface area contributed by atoms with Crippen molar-refractivity contribution in [3.8, 4) is 0 Å². The Bertz CT molecular complexity index is 1200. The van der Waals surface area contributed by atoms with E-state index in [0.717, 1.165) is 55.7 Å². The minimum Gasteiger partial charge on any atom is -0.364 e. The normalized spacial score (nSPS) is 18.3. The molecule has 7 nitrogen and oxygen atoms in total. The minimum absolute atomic E-state index is 0.0135. The summed E-state index contributed by atoms with van der Waals surface area (Å²) in [4.78, 5) is 14.9. The number of amides is 1. The molecule has 1 atom stereocenters. The Morgan fingerprint density at radius 2 is 1.86 bits per heavy atom. The second-order valence-electron chi connectivity index (χ2n) is 9.80. The van der Waals surface area contributed by atoms with E-state index in [9.17, 15) is 13.2 Å². The Kier molecular flexibility index (Phi) is 8.52. The monoisotopic (exact) mass is 553 g/mol. The first-order chi connectivity index (χ1) is 17.1. The molecule has 1 amide bonds. The standard InChI is InChI=1S/C26H33Cl2N3O4S/c1-35-18-29-25(32)16-20(19-7-8-22(27)23(28)15-19)9-12-30-13-10-26(11-14-30)17-31(36(2,33)34)24-6-4-3-5-21(24)26/h3-8,15,20H,9-14,16-18H2,1-2H3,(H,29,32). The lowest BCUT2D eigenvalue weighted by atomic mass is 9.74. The van der Waals surface area contributed by atoms with E-state index >= 15 is 0 Å². The van der Waals surface area contributed by atoms with E-state index in [2.05, 4.69) is 16.3 Å². The number of carbonyl (C=O) groups excluding carboxylic acids is 1. The van der Waals surface area contributed by atoms with E-state index in [0.29, 0.717) is 23.0 Å². The lowest BCUT2D eigenvalue weighted by Crippen LogP contribution is -2.46. The molecule has 2 aromatic carbocycles. The third-order valence-corrected chi connectivity index (χ3v) is 9.32. The third-order valence-electron chi connectivity index (χ3n) is 7.46. The Hall–Kier alpha value is -1.84. The van der Waals surface area contributed by atoms with E-state index in [4.69, 9.17) is 27.9 Å². The highest BCUT2D eigenvalue weighted by molar-refractivity contribution is 7.92. The maximum absolute atomic E-state index is 12.5. The first kappa shape index (κ1) is 27.2. The van der Waals surface area contributed by atoms with E-state index in [1.165, 1.54) is 13.4 Å². The van der Waals surface area contributed by atoms with Crippen LogP contribution in [0.25, 0.3) is 0 Å². The summed E-state index contributed by atoms with van der Waals surface area (Å²) in [5.41, 5.74) is 2.78. The fourth-order valence-corrected chi connectivity index (χ4v) is 6.76. The molecule has 0 aromatic heterocycles. The molecule has 36 heavy (non-hydrogen) atoms. The molecular formula is C26H33Cl2N3O4S. The number of carbonyl (C=O) groups is 1. The largest absolute Gasteiger partial charge is 0.364 e. The Morgan fingerprint density at radius 1 is 1.14 bits per heavy atom. The van der Waals surface area contributed by atoms with Gasteiger partial charge in [-0.3, -0.25) is 9.10 Å². The van der Waals surface area contributed by atoms with Crippen molar-refractivity contribution in [2.24, 2.45) is 0 Å². The van der Waals surface area contributed by atoms with Crippen LogP contribution in [0.4, 0.5) is 5.69 Å². The van der Waals surface area contributed by atoms with Crippen molar-refractivity contribution in [1.82, 2.24) is 10.2 Å². The maximum Gasteiger partial charge on any atom is 0.232 e. The van der Waals surface area contributed by atoms with Gasteiger partial charge in [0.2, 0.25) is 15.9 Å². The van der Waals surface area contributed by atoms with Gasteiger partial charge in [-0.25, -0.2) is 8.42 Å². The molecule has 1 N–H and O–H groups in total. The fourth-order valence-electron chi connectivity index (χ4n) is 5.45. The van der Waals surface area contributed by atoms with Crippen molar-refractivity contribution in [3.05, 3.63) is 63.6 Å². The molecule has 0 bridgehead atoms. The number of rotatable bonds is 9. The molecule has 2 aromatic rings. The molecule has 1 fully saturated rings. The summed E-state index contributed by atoms with van der Waals surface area (Å²) >= 11 is 12.4. The minimum atomic E-state index is -3.33. The number of hydrogen-bond donors (Lipinski definition) is 1. The van der Waals surface area contributed by atoms with E-state index < -0.39 is 10.0 Å². The van der Waals surface area contributed by atoms with Crippen LogP contribution in [0.3, 0.4) is 0 Å². The van der Waals surface area contributed by atoms with Crippen LogP contribution in [0.15, 0.2) is 42.5 Å². The summed E-state index contributed by atoms with van der Waals surface area (Å²) < 4.78 is 31.4. The second kappa shape index (κ2) is 11.3. The van der Waals surface area contributed by atoms with Crippen molar-refractivity contribution >= 4 is 44.8 Å². The molecule has 1 spiro atoms. The van der Waals surface area contributed by atoms with E-state index in [-0.39, 0.29) is 24.0 Å². The van der Waals surface area contributed by atoms with Gasteiger partial charge in [-0.15, -0.1) is 0 Å². The molecule has 2 aliphatic rings. The smallest absolute Gasteiger partial charge is 0.232 e. The number of piperidine rings is 1. The highest BCUT2D eigenvalue weighted by atomic mass is 35.5. The van der Waals surface area contributed by atoms with Gasteiger partial charge in [0.1, 0.15) is 6.73 Å². The Balaban J connectivity index is 1.43. The zero-order valence-corrected chi connectivity index (χ0v) is 23.0. The van der Waals surface area contributed by atoms with Gasteiger partial charge >= 0.3 is 0 Å². The molecule has 0 radical (unpaired) electrons. The molecule has 4 rings (SSSR count).